The fourth-order valence-electron chi connectivity index (χ4n) is 9.86. The van der Waals surface area contributed by atoms with Crippen molar-refractivity contribution in [2.24, 2.45) is 5.92 Å². The summed E-state index contributed by atoms with van der Waals surface area (Å²) in [5.74, 6) is 0.407. The molecule has 0 saturated heterocycles. The minimum Gasteiger partial charge on any atom is -0.338 e. The normalized spacial score (nSPS) is 15.1. The first-order valence-corrected chi connectivity index (χ1v) is 21.6. The standard InChI is InChI=1S/C59H46N2/c1-41-17-11-16-28-57(41)61(50-26-9-4-10-27-50)52-34-36-54-56(40-52)59(47-32-30-43-19-13-15-21-45(43)38-47)53-35-33-51(60(48-22-5-2-6-23-48)49-24-7-3-8-25-49)39-55(53)58(54)46-31-29-42-18-12-14-20-44(42)37-46/h2-15,17-27,29-41,57H,16,28H2,1H3. The largest absolute Gasteiger partial charge is 0.338 e. The molecule has 2 nitrogen and oxygen atoms in total. The maximum Gasteiger partial charge on any atom is 0.0468 e. The van der Waals surface area contributed by atoms with Crippen LogP contribution in [0.4, 0.5) is 28.4 Å². The van der Waals surface area contributed by atoms with E-state index in [9.17, 15) is 0 Å². The molecule has 0 saturated carbocycles. The predicted octanol–water partition coefficient (Wildman–Crippen LogP) is 16.6. The van der Waals surface area contributed by atoms with E-state index in [1.807, 2.05) is 0 Å². The number of anilines is 5. The quantitative estimate of drug-likeness (QED) is 0.112. The summed E-state index contributed by atoms with van der Waals surface area (Å²) in [7, 11) is 0. The van der Waals surface area contributed by atoms with Crippen molar-refractivity contribution >= 4 is 71.5 Å². The molecule has 61 heavy (non-hydrogen) atoms. The van der Waals surface area contributed by atoms with Crippen molar-refractivity contribution in [3.63, 3.8) is 0 Å². The van der Waals surface area contributed by atoms with E-state index < -0.39 is 0 Å². The van der Waals surface area contributed by atoms with Crippen molar-refractivity contribution < 1.29 is 0 Å². The lowest BCUT2D eigenvalue weighted by Crippen LogP contribution is -2.37. The second kappa shape index (κ2) is 15.6. The van der Waals surface area contributed by atoms with Crippen molar-refractivity contribution in [1.29, 1.82) is 0 Å². The number of hydrogen-bond acceptors (Lipinski definition) is 2. The maximum atomic E-state index is 2.61. The van der Waals surface area contributed by atoms with E-state index >= 15 is 0 Å². The molecule has 0 aromatic heterocycles. The van der Waals surface area contributed by atoms with Gasteiger partial charge in [0.15, 0.2) is 0 Å². The number of benzene rings is 10. The van der Waals surface area contributed by atoms with Gasteiger partial charge < -0.3 is 9.80 Å². The third-order valence-electron chi connectivity index (χ3n) is 12.8. The van der Waals surface area contributed by atoms with Crippen molar-refractivity contribution in [2.75, 3.05) is 9.80 Å². The van der Waals surface area contributed by atoms with Crippen LogP contribution in [-0.4, -0.2) is 6.04 Å². The summed E-state index contributed by atoms with van der Waals surface area (Å²) >= 11 is 0. The molecule has 0 fully saturated rings. The SMILES string of the molecule is CC1C=CCCC1N(c1ccccc1)c1ccc2c(-c3ccc4ccccc4c3)c3cc(N(c4ccccc4)c4ccccc4)ccc3c(-c3ccc4ccccc4c3)c2c1. The Morgan fingerprint density at radius 2 is 0.836 bits per heavy atom. The summed E-state index contributed by atoms with van der Waals surface area (Å²) in [6.07, 6.45) is 6.94. The minimum absolute atomic E-state index is 0.332. The van der Waals surface area contributed by atoms with Crippen LogP contribution in [-0.2, 0) is 0 Å². The zero-order valence-corrected chi connectivity index (χ0v) is 34.3. The molecule has 0 spiro atoms. The van der Waals surface area contributed by atoms with Gasteiger partial charge in [0.25, 0.3) is 0 Å². The zero-order chi connectivity index (χ0) is 40.7. The lowest BCUT2D eigenvalue weighted by atomic mass is 9.84. The summed E-state index contributed by atoms with van der Waals surface area (Å²) in [5, 5.41) is 9.89. The Labute approximate surface area is 358 Å². The predicted molar refractivity (Wildman–Crippen MR) is 262 cm³/mol. The van der Waals surface area contributed by atoms with Crippen LogP contribution in [0.3, 0.4) is 0 Å². The topological polar surface area (TPSA) is 6.48 Å². The molecule has 1 aliphatic rings. The first-order chi connectivity index (χ1) is 30.2. The van der Waals surface area contributed by atoms with Crippen LogP contribution in [0.25, 0.3) is 65.3 Å². The number of hydrogen-bond donors (Lipinski definition) is 0. The molecule has 292 valence electrons. The second-order valence-corrected chi connectivity index (χ2v) is 16.5. The van der Waals surface area contributed by atoms with Gasteiger partial charge in [-0.05, 0) is 157 Å². The number of para-hydroxylation sites is 3. The monoisotopic (exact) mass is 782 g/mol. The van der Waals surface area contributed by atoms with Crippen molar-refractivity contribution in [1.82, 2.24) is 0 Å². The van der Waals surface area contributed by atoms with Gasteiger partial charge in [-0.2, -0.15) is 0 Å². The van der Waals surface area contributed by atoms with E-state index in [-0.39, 0.29) is 0 Å². The minimum atomic E-state index is 0.332. The van der Waals surface area contributed by atoms with E-state index in [0.717, 1.165) is 29.9 Å². The molecule has 2 unspecified atom stereocenters. The van der Waals surface area contributed by atoms with Crippen LogP contribution >= 0.6 is 0 Å². The fraction of sp³-hybridized carbons (Fsp3) is 0.0847. The van der Waals surface area contributed by atoms with Crippen LogP contribution in [0, 0.1) is 5.92 Å². The fourth-order valence-corrected chi connectivity index (χ4v) is 9.86. The number of nitrogens with zero attached hydrogens (tertiary/aromatic N) is 2. The van der Waals surface area contributed by atoms with Crippen LogP contribution in [0.2, 0.25) is 0 Å². The molecule has 0 radical (unpaired) electrons. The third kappa shape index (κ3) is 6.71. The molecular formula is C59H46N2. The first kappa shape index (κ1) is 36.6. The third-order valence-corrected chi connectivity index (χ3v) is 12.8. The van der Waals surface area contributed by atoms with Gasteiger partial charge >= 0.3 is 0 Å². The smallest absolute Gasteiger partial charge is 0.0468 e. The Bertz CT molecular complexity index is 3190. The highest BCUT2D eigenvalue weighted by atomic mass is 15.2. The second-order valence-electron chi connectivity index (χ2n) is 16.5. The molecule has 2 heteroatoms. The Morgan fingerprint density at radius 3 is 1.36 bits per heavy atom. The van der Waals surface area contributed by atoms with Crippen molar-refractivity contribution in [2.45, 2.75) is 25.8 Å². The van der Waals surface area contributed by atoms with Crippen molar-refractivity contribution in [3.05, 3.63) is 224 Å². The molecule has 10 aromatic carbocycles. The van der Waals surface area contributed by atoms with Gasteiger partial charge in [0.2, 0.25) is 0 Å². The van der Waals surface area contributed by atoms with Gasteiger partial charge in [-0.15, -0.1) is 0 Å². The van der Waals surface area contributed by atoms with Gasteiger partial charge in [-0.3, -0.25) is 0 Å². The zero-order valence-electron chi connectivity index (χ0n) is 34.3. The summed E-state index contributed by atoms with van der Waals surface area (Å²) < 4.78 is 0. The summed E-state index contributed by atoms with van der Waals surface area (Å²) in [5.41, 5.74) is 10.7. The van der Waals surface area contributed by atoms with E-state index in [0.29, 0.717) is 12.0 Å². The van der Waals surface area contributed by atoms with Gasteiger partial charge in [0, 0.05) is 34.5 Å². The maximum absolute atomic E-state index is 2.61. The Morgan fingerprint density at radius 1 is 0.377 bits per heavy atom. The molecule has 0 bridgehead atoms. The lowest BCUT2D eigenvalue weighted by molar-refractivity contribution is 0.478. The molecular weight excluding hydrogens is 737 g/mol. The highest BCUT2D eigenvalue weighted by Crippen LogP contribution is 2.49. The van der Waals surface area contributed by atoms with Gasteiger partial charge in [0.1, 0.15) is 0 Å². The molecule has 11 rings (SSSR count). The number of rotatable bonds is 8. The van der Waals surface area contributed by atoms with Crippen LogP contribution in [0.15, 0.2) is 224 Å². The summed E-state index contributed by atoms with van der Waals surface area (Å²) in [4.78, 5) is 4.99. The average molecular weight is 783 g/mol. The lowest BCUT2D eigenvalue weighted by Gasteiger charge is -2.38. The molecule has 0 aliphatic heterocycles. The number of fused-ring (bicyclic) bond motifs is 4. The van der Waals surface area contributed by atoms with Gasteiger partial charge in [0.05, 0.1) is 0 Å². The molecule has 2 atom stereocenters. The Kier molecular flexibility index (Phi) is 9.39. The van der Waals surface area contributed by atoms with Crippen LogP contribution in [0.1, 0.15) is 19.8 Å². The molecule has 0 N–H and O–H groups in total. The average Bonchev–Trinajstić information content (AvgIpc) is 3.32. The van der Waals surface area contributed by atoms with E-state index in [4.69, 9.17) is 0 Å². The van der Waals surface area contributed by atoms with E-state index in [1.54, 1.807) is 0 Å². The van der Waals surface area contributed by atoms with Gasteiger partial charge in [-0.25, -0.2) is 0 Å². The Hall–Kier alpha value is -7.42. The molecule has 0 heterocycles. The van der Waals surface area contributed by atoms with Crippen LogP contribution < -0.4 is 9.80 Å². The highest BCUT2D eigenvalue weighted by Gasteiger charge is 2.28. The molecule has 0 amide bonds. The number of allylic oxidation sites excluding steroid dienone is 1. The molecule has 1 aliphatic carbocycles. The van der Waals surface area contributed by atoms with Crippen LogP contribution in [0.5, 0.6) is 0 Å². The first-order valence-electron chi connectivity index (χ1n) is 21.6. The summed E-state index contributed by atoms with van der Waals surface area (Å²) in [6.45, 7) is 2.37. The van der Waals surface area contributed by atoms with E-state index in [1.165, 1.54) is 76.7 Å². The molecule has 10 aromatic rings. The highest BCUT2D eigenvalue weighted by molar-refractivity contribution is 6.23. The van der Waals surface area contributed by atoms with E-state index in [2.05, 4.69) is 241 Å². The Balaban J connectivity index is 1.25. The summed E-state index contributed by atoms with van der Waals surface area (Å²) in [6, 6.07) is 78.7. The van der Waals surface area contributed by atoms with Crippen molar-refractivity contribution in [3.8, 4) is 22.3 Å². The van der Waals surface area contributed by atoms with Gasteiger partial charge in [-0.1, -0.05) is 159 Å².